The fraction of sp³-hybridized carbons (Fsp3) is 0.222. The van der Waals surface area contributed by atoms with Gasteiger partial charge in [0.25, 0.3) is 0 Å². The number of carboxylic acid groups (broad SMARTS) is 1. The second-order valence-corrected chi connectivity index (χ2v) is 3.00. The number of hydrogen-bond acceptors (Lipinski definition) is 4. The maximum Gasteiger partial charge on any atom is 0.339 e. The van der Waals surface area contributed by atoms with Gasteiger partial charge < -0.3 is 21.7 Å². The maximum atomic E-state index is 13.2. The van der Waals surface area contributed by atoms with Gasteiger partial charge in [-0.15, -0.1) is 12.4 Å². The zero-order chi connectivity index (χ0) is 11.6. The second-order valence-electron chi connectivity index (χ2n) is 3.00. The standard InChI is InChI=1S/C9H11FN2O3.ClH/c10-5-2-1-4(9(14)15)8(13)7(5)6(12)3-11;/h1-2,6,13H,3,11-12H2,(H,14,15);1H/t6-;/m0./s1. The smallest absolute Gasteiger partial charge is 0.339 e. The summed E-state index contributed by atoms with van der Waals surface area (Å²) in [4.78, 5) is 10.6. The number of hydrogen-bond donors (Lipinski definition) is 4. The zero-order valence-corrected chi connectivity index (χ0v) is 9.00. The van der Waals surface area contributed by atoms with Gasteiger partial charge in [0.1, 0.15) is 17.1 Å². The average Bonchev–Trinajstić information content (AvgIpc) is 2.16. The molecule has 0 fully saturated rings. The minimum absolute atomic E-state index is 0. The van der Waals surface area contributed by atoms with Gasteiger partial charge in [-0.2, -0.15) is 0 Å². The number of benzene rings is 1. The van der Waals surface area contributed by atoms with Gasteiger partial charge in [0.05, 0.1) is 0 Å². The van der Waals surface area contributed by atoms with Crippen molar-refractivity contribution in [3.63, 3.8) is 0 Å². The fourth-order valence-electron chi connectivity index (χ4n) is 1.23. The summed E-state index contributed by atoms with van der Waals surface area (Å²) in [7, 11) is 0. The number of rotatable bonds is 3. The van der Waals surface area contributed by atoms with E-state index in [1.165, 1.54) is 0 Å². The van der Waals surface area contributed by atoms with Crippen LogP contribution in [0.4, 0.5) is 4.39 Å². The Morgan fingerprint density at radius 1 is 1.50 bits per heavy atom. The molecule has 0 bridgehead atoms. The summed E-state index contributed by atoms with van der Waals surface area (Å²) in [5.74, 6) is -2.78. The number of nitrogens with two attached hydrogens (primary N) is 2. The number of aromatic hydroxyl groups is 1. The highest BCUT2D eigenvalue weighted by Gasteiger charge is 2.20. The fourth-order valence-corrected chi connectivity index (χ4v) is 1.23. The Bertz CT molecular complexity index is 401. The van der Waals surface area contributed by atoms with Crippen LogP contribution in [-0.4, -0.2) is 22.7 Å². The van der Waals surface area contributed by atoms with Crippen LogP contribution in [0.3, 0.4) is 0 Å². The van der Waals surface area contributed by atoms with Crippen LogP contribution in [0.15, 0.2) is 12.1 Å². The van der Waals surface area contributed by atoms with E-state index < -0.39 is 29.1 Å². The Kier molecular flexibility index (Phi) is 5.16. The summed E-state index contributed by atoms with van der Waals surface area (Å²) >= 11 is 0. The third-order valence-corrected chi connectivity index (χ3v) is 2.02. The number of aromatic carboxylic acids is 1. The molecule has 6 N–H and O–H groups in total. The summed E-state index contributed by atoms with van der Waals surface area (Å²) in [6.45, 7) is -0.0897. The molecular formula is C9H12ClFN2O3. The highest BCUT2D eigenvalue weighted by atomic mass is 35.5. The molecule has 0 amide bonds. The van der Waals surface area contributed by atoms with Crippen LogP contribution in [0.5, 0.6) is 5.75 Å². The Morgan fingerprint density at radius 2 is 2.06 bits per heavy atom. The summed E-state index contributed by atoms with van der Waals surface area (Å²) in [5.41, 5.74) is 10.0. The van der Waals surface area contributed by atoms with Crippen molar-refractivity contribution in [1.29, 1.82) is 0 Å². The van der Waals surface area contributed by atoms with Crippen molar-refractivity contribution in [2.24, 2.45) is 11.5 Å². The predicted molar refractivity (Wildman–Crippen MR) is 58.3 cm³/mol. The lowest BCUT2D eigenvalue weighted by molar-refractivity contribution is 0.0693. The Hall–Kier alpha value is -1.37. The number of carboxylic acids is 1. The lowest BCUT2D eigenvalue weighted by atomic mass is 10.0. The molecule has 0 heterocycles. The molecule has 5 nitrogen and oxygen atoms in total. The van der Waals surface area contributed by atoms with E-state index in [4.69, 9.17) is 16.6 Å². The van der Waals surface area contributed by atoms with Crippen molar-refractivity contribution >= 4 is 18.4 Å². The first-order valence-corrected chi connectivity index (χ1v) is 4.19. The quantitative estimate of drug-likeness (QED) is 0.628. The van der Waals surface area contributed by atoms with Crippen LogP contribution in [0.25, 0.3) is 0 Å². The normalized spacial score (nSPS) is 11.7. The molecule has 0 unspecified atom stereocenters. The van der Waals surface area contributed by atoms with Gasteiger partial charge in [0.2, 0.25) is 0 Å². The van der Waals surface area contributed by atoms with Crippen LogP contribution in [0.1, 0.15) is 22.0 Å². The maximum absolute atomic E-state index is 13.2. The van der Waals surface area contributed by atoms with E-state index in [1.54, 1.807) is 0 Å². The third-order valence-electron chi connectivity index (χ3n) is 2.02. The number of phenols is 1. The molecule has 0 saturated heterocycles. The highest BCUT2D eigenvalue weighted by Crippen LogP contribution is 2.29. The monoisotopic (exact) mass is 250 g/mol. The van der Waals surface area contributed by atoms with Gasteiger partial charge in [-0.05, 0) is 12.1 Å². The molecule has 90 valence electrons. The van der Waals surface area contributed by atoms with Gasteiger partial charge in [0, 0.05) is 18.2 Å². The van der Waals surface area contributed by atoms with E-state index in [2.05, 4.69) is 0 Å². The molecule has 0 aromatic heterocycles. The molecule has 7 heteroatoms. The molecule has 1 rings (SSSR count). The average molecular weight is 251 g/mol. The Balaban J connectivity index is 0.00000225. The largest absolute Gasteiger partial charge is 0.507 e. The van der Waals surface area contributed by atoms with E-state index >= 15 is 0 Å². The predicted octanol–water partition coefficient (Wildman–Crippen LogP) is 0.610. The van der Waals surface area contributed by atoms with Crippen molar-refractivity contribution in [3.05, 3.63) is 29.1 Å². The molecule has 1 aromatic rings. The number of carbonyl (C=O) groups is 1. The van der Waals surface area contributed by atoms with Crippen LogP contribution in [0.2, 0.25) is 0 Å². The summed E-state index contributed by atoms with van der Waals surface area (Å²) in [5, 5.41) is 18.2. The van der Waals surface area contributed by atoms with Gasteiger partial charge >= 0.3 is 5.97 Å². The topological polar surface area (TPSA) is 110 Å². The van der Waals surface area contributed by atoms with Crippen molar-refractivity contribution in [3.8, 4) is 5.75 Å². The summed E-state index contributed by atoms with van der Waals surface area (Å²) in [6, 6.07) is 0.984. The molecule has 1 atom stereocenters. The SMILES string of the molecule is Cl.NC[C@H](N)c1c(F)ccc(C(=O)O)c1O. The summed E-state index contributed by atoms with van der Waals surface area (Å²) in [6.07, 6.45) is 0. The molecule has 16 heavy (non-hydrogen) atoms. The highest BCUT2D eigenvalue weighted by molar-refractivity contribution is 5.91. The van der Waals surface area contributed by atoms with Crippen molar-refractivity contribution < 1.29 is 19.4 Å². The molecular weight excluding hydrogens is 239 g/mol. The lowest BCUT2D eigenvalue weighted by Crippen LogP contribution is -2.22. The van der Waals surface area contributed by atoms with Gasteiger partial charge in [-0.1, -0.05) is 0 Å². The molecule has 0 aliphatic carbocycles. The minimum Gasteiger partial charge on any atom is -0.507 e. The zero-order valence-electron chi connectivity index (χ0n) is 8.18. The lowest BCUT2D eigenvalue weighted by Gasteiger charge is -2.13. The molecule has 0 saturated carbocycles. The first kappa shape index (κ1) is 14.6. The van der Waals surface area contributed by atoms with Gasteiger partial charge in [-0.25, -0.2) is 9.18 Å². The number of halogens is 2. The van der Waals surface area contributed by atoms with Crippen LogP contribution in [-0.2, 0) is 0 Å². The summed E-state index contributed by atoms with van der Waals surface area (Å²) < 4.78 is 13.2. The molecule has 0 radical (unpaired) electrons. The van der Waals surface area contributed by atoms with Crippen molar-refractivity contribution in [2.75, 3.05) is 6.54 Å². The molecule has 0 aliphatic heterocycles. The second kappa shape index (κ2) is 5.64. The van der Waals surface area contributed by atoms with E-state index in [0.717, 1.165) is 12.1 Å². The molecule has 0 aliphatic rings. The third kappa shape index (κ3) is 2.60. The van der Waals surface area contributed by atoms with Crippen LogP contribution < -0.4 is 11.5 Å². The van der Waals surface area contributed by atoms with E-state index in [1.807, 2.05) is 0 Å². The Labute approximate surface area is 97.3 Å². The van der Waals surface area contributed by atoms with Crippen LogP contribution >= 0.6 is 12.4 Å². The molecule has 0 spiro atoms. The molecule has 1 aromatic carbocycles. The van der Waals surface area contributed by atoms with Gasteiger partial charge in [0.15, 0.2) is 0 Å². The van der Waals surface area contributed by atoms with E-state index in [9.17, 15) is 14.3 Å². The first-order valence-electron chi connectivity index (χ1n) is 4.19. The van der Waals surface area contributed by atoms with Crippen molar-refractivity contribution in [1.82, 2.24) is 0 Å². The van der Waals surface area contributed by atoms with E-state index in [0.29, 0.717) is 0 Å². The van der Waals surface area contributed by atoms with E-state index in [-0.39, 0.29) is 24.5 Å². The first-order chi connectivity index (χ1) is 6.99. The Morgan fingerprint density at radius 3 is 2.50 bits per heavy atom. The minimum atomic E-state index is -1.35. The van der Waals surface area contributed by atoms with Crippen molar-refractivity contribution in [2.45, 2.75) is 6.04 Å². The van der Waals surface area contributed by atoms with Crippen LogP contribution in [0, 0.1) is 5.82 Å². The van der Waals surface area contributed by atoms with Gasteiger partial charge in [-0.3, -0.25) is 0 Å².